The van der Waals surface area contributed by atoms with Gasteiger partial charge in [0.1, 0.15) is 0 Å². The minimum absolute atomic E-state index is 0.0257. The molecule has 7 nitrogen and oxygen atoms in total. The maximum atomic E-state index is 12.6. The summed E-state index contributed by atoms with van der Waals surface area (Å²) in [7, 11) is -3.21. The summed E-state index contributed by atoms with van der Waals surface area (Å²) in [6.07, 6.45) is 5.68. The second kappa shape index (κ2) is 7.04. The molecule has 0 spiro atoms. The van der Waals surface area contributed by atoms with E-state index >= 15 is 0 Å². The van der Waals surface area contributed by atoms with E-state index in [-0.39, 0.29) is 11.9 Å². The van der Waals surface area contributed by atoms with Gasteiger partial charge in [-0.25, -0.2) is 18.1 Å². The first-order chi connectivity index (χ1) is 11.4. The van der Waals surface area contributed by atoms with Crippen LogP contribution in [0.2, 0.25) is 0 Å². The number of aromatic nitrogens is 2. The molecule has 0 saturated carbocycles. The lowest BCUT2D eigenvalue weighted by atomic mass is 10.1. The van der Waals surface area contributed by atoms with Crippen molar-refractivity contribution >= 4 is 27.3 Å². The van der Waals surface area contributed by atoms with Crippen LogP contribution >= 0.6 is 11.3 Å². The predicted molar refractivity (Wildman–Crippen MR) is 92.2 cm³/mol. The largest absolute Gasteiger partial charge is 0.334 e. The van der Waals surface area contributed by atoms with Gasteiger partial charge in [-0.1, -0.05) is 6.07 Å². The molecule has 0 fully saturated rings. The lowest BCUT2D eigenvalue weighted by Gasteiger charge is -2.34. The van der Waals surface area contributed by atoms with Crippen LogP contribution in [0, 0.1) is 0 Å². The van der Waals surface area contributed by atoms with Gasteiger partial charge in [0, 0.05) is 24.2 Å². The molecule has 24 heavy (non-hydrogen) atoms. The molecule has 9 heteroatoms. The van der Waals surface area contributed by atoms with Crippen molar-refractivity contribution in [2.24, 2.45) is 0 Å². The summed E-state index contributed by atoms with van der Waals surface area (Å²) in [4.78, 5) is 19.6. The van der Waals surface area contributed by atoms with Gasteiger partial charge in [0.25, 0.3) is 0 Å². The smallest absolute Gasteiger partial charge is 0.228 e. The van der Waals surface area contributed by atoms with Crippen LogP contribution in [0.1, 0.15) is 23.0 Å². The number of thiophene rings is 1. The summed E-state index contributed by atoms with van der Waals surface area (Å²) >= 11 is 1.58. The van der Waals surface area contributed by atoms with E-state index in [1.54, 1.807) is 23.9 Å². The Morgan fingerprint density at radius 2 is 2.33 bits per heavy atom. The zero-order valence-electron chi connectivity index (χ0n) is 13.4. The number of hydrogen-bond donors (Lipinski definition) is 1. The first kappa shape index (κ1) is 17.1. The lowest BCUT2D eigenvalue weighted by molar-refractivity contribution is -0.132. The van der Waals surface area contributed by atoms with Crippen molar-refractivity contribution in [1.82, 2.24) is 19.2 Å². The molecule has 0 saturated heterocycles. The average molecular weight is 368 g/mol. The van der Waals surface area contributed by atoms with Crippen LogP contribution in [0.15, 0.2) is 30.0 Å². The Hall–Kier alpha value is -1.71. The molecule has 0 aliphatic carbocycles. The lowest BCUT2D eigenvalue weighted by Crippen LogP contribution is -2.42. The first-order valence-electron chi connectivity index (χ1n) is 7.68. The monoisotopic (exact) mass is 368 g/mol. The molecule has 130 valence electrons. The number of sulfonamides is 1. The number of nitrogens with zero attached hydrogens (tertiary/aromatic N) is 3. The Balaban J connectivity index is 1.67. The van der Waals surface area contributed by atoms with Gasteiger partial charge in [0.15, 0.2) is 0 Å². The SMILES string of the molecule is CS(=O)(=O)NCC[C@H]1CN(C(=O)Cc2cccs2)Cc2cncn21. The minimum Gasteiger partial charge on any atom is -0.334 e. The van der Waals surface area contributed by atoms with Crippen LogP contribution in [-0.2, 0) is 27.8 Å². The van der Waals surface area contributed by atoms with Gasteiger partial charge in [-0.3, -0.25) is 4.79 Å². The second-order valence-corrected chi connectivity index (χ2v) is 8.80. The number of fused-ring (bicyclic) bond motifs is 1. The Morgan fingerprint density at radius 1 is 1.50 bits per heavy atom. The molecule has 1 aliphatic rings. The van der Waals surface area contributed by atoms with Crippen LogP contribution in [-0.4, -0.2) is 48.1 Å². The highest BCUT2D eigenvalue weighted by Crippen LogP contribution is 2.24. The van der Waals surface area contributed by atoms with Gasteiger partial charge in [-0.15, -0.1) is 11.3 Å². The highest BCUT2D eigenvalue weighted by atomic mass is 32.2. The topological polar surface area (TPSA) is 84.3 Å². The summed E-state index contributed by atoms with van der Waals surface area (Å²) in [6.45, 7) is 1.45. The Kier molecular flexibility index (Phi) is 5.02. The van der Waals surface area contributed by atoms with E-state index in [9.17, 15) is 13.2 Å². The summed E-state index contributed by atoms with van der Waals surface area (Å²) in [5.74, 6) is 0.0889. The van der Waals surface area contributed by atoms with Gasteiger partial charge >= 0.3 is 0 Å². The molecule has 1 atom stereocenters. The molecular weight excluding hydrogens is 348 g/mol. The van der Waals surface area contributed by atoms with Crippen molar-refractivity contribution < 1.29 is 13.2 Å². The van der Waals surface area contributed by atoms with Gasteiger partial charge in [-0.2, -0.15) is 0 Å². The zero-order valence-corrected chi connectivity index (χ0v) is 15.0. The fourth-order valence-electron chi connectivity index (χ4n) is 2.89. The molecule has 1 amide bonds. The standard InChI is InChI=1S/C15H20N4O3S2/c1-24(21,22)17-5-4-12-9-18(10-13-8-16-11-19(12)13)15(20)7-14-3-2-6-23-14/h2-3,6,8,11-12,17H,4-5,7,9-10H2,1H3/t12-/m0/s1. The maximum absolute atomic E-state index is 12.6. The first-order valence-corrected chi connectivity index (χ1v) is 10.4. The highest BCUT2D eigenvalue weighted by molar-refractivity contribution is 7.88. The molecule has 2 aromatic heterocycles. The van der Waals surface area contributed by atoms with Gasteiger partial charge in [0.2, 0.25) is 15.9 Å². The molecule has 0 unspecified atom stereocenters. The number of nitrogens with one attached hydrogen (secondary N) is 1. The number of hydrogen-bond acceptors (Lipinski definition) is 5. The zero-order chi connectivity index (χ0) is 17.2. The molecule has 0 aromatic carbocycles. The Bertz CT molecular complexity index is 799. The molecule has 0 radical (unpaired) electrons. The summed E-state index contributed by atoms with van der Waals surface area (Å²) in [5.41, 5.74) is 0.977. The van der Waals surface area contributed by atoms with Crippen LogP contribution in [0.3, 0.4) is 0 Å². The number of carbonyl (C=O) groups excluding carboxylic acids is 1. The van der Waals surface area contributed by atoms with Crippen LogP contribution in [0.5, 0.6) is 0 Å². The molecule has 1 N–H and O–H groups in total. The maximum Gasteiger partial charge on any atom is 0.228 e. The fraction of sp³-hybridized carbons (Fsp3) is 0.467. The average Bonchev–Trinajstić information content (AvgIpc) is 3.16. The summed E-state index contributed by atoms with van der Waals surface area (Å²) < 4.78 is 27.0. The third-order valence-corrected chi connectivity index (χ3v) is 5.63. The predicted octanol–water partition coefficient (Wildman–Crippen LogP) is 1.01. The van der Waals surface area contributed by atoms with Crippen molar-refractivity contribution in [1.29, 1.82) is 0 Å². The third kappa shape index (κ3) is 4.22. The quantitative estimate of drug-likeness (QED) is 0.825. The number of carbonyl (C=O) groups is 1. The molecule has 3 rings (SSSR count). The van der Waals surface area contributed by atoms with Crippen molar-refractivity contribution in [3.05, 3.63) is 40.6 Å². The normalized spacial score (nSPS) is 17.7. The summed E-state index contributed by atoms with van der Waals surface area (Å²) in [5, 5.41) is 1.97. The van der Waals surface area contributed by atoms with Crippen molar-refractivity contribution in [2.45, 2.75) is 25.4 Å². The van der Waals surface area contributed by atoms with E-state index in [0.29, 0.717) is 32.5 Å². The molecular formula is C15H20N4O3S2. The molecule has 2 aromatic rings. The summed E-state index contributed by atoms with van der Waals surface area (Å²) in [6, 6.07) is 3.93. The van der Waals surface area contributed by atoms with Crippen LogP contribution < -0.4 is 4.72 Å². The van der Waals surface area contributed by atoms with E-state index < -0.39 is 10.0 Å². The van der Waals surface area contributed by atoms with E-state index in [2.05, 4.69) is 9.71 Å². The van der Waals surface area contributed by atoms with Gasteiger partial charge in [-0.05, 0) is 17.9 Å². The fourth-order valence-corrected chi connectivity index (χ4v) is 4.08. The minimum atomic E-state index is -3.21. The number of imidazole rings is 1. The highest BCUT2D eigenvalue weighted by Gasteiger charge is 2.27. The second-order valence-electron chi connectivity index (χ2n) is 5.93. The van der Waals surface area contributed by atoms with Crippen molar-refractivity contribution in [3.8, 4) is 0 Å². The van der Waals surface area contributed by atoms with E-state index in [0.717, 1.165) is 16.8 Å². The molecule has 0 bridgehead atoms. The van der Waals surface area contributed by atoms with Gasteiger partial charge in [0.05, 0.1) is 37.3 Å². The third-order valence-electron chi connectivity index (χ3n) is 4.02. The number of amides is 1. The molecule has 3 heterocycles. The van der Waals surface area contributed by atoms with E-state index in [1.165, 1.54) is 0 Å². The van der Waals surface area contributed by atoms with E-state index in [4.69, 9.17) is 0 Å². The van der Waals surface area contributed by atoms with Crippen LogP contribution in [0.25, 0.3) is 0 Å². The van der Waals surface area contributed by atoms with Gasteiger partial charge < -0.3 is 9.47 Å². The molecule has 1 aliphatic heterocycles. The Morgan fingerprint density at radius 3 is 3.04 bits per heavy atom. The van der Waals surface area contributed by atoms with E-state index in [1.807, 2.05) is 27.0 Å². The number of rotatable bonds is 6. The Labute approximate surface area is 145 Å². The van der Waals surface area contributed by atoms with Crippen molar-refractivity contribution in [3.63, 3.8) is 0 Å². The van der Waals surface area contributed by atoms with Crippen molar-refractivity contribution in [2.75, 3.05) is 19.3 Å². The van der Waals surface area contributed by atoms with Crippen LogP contribution in [0.4, 0.5) is 0 Å².